The van der Waals surface area contributed by atoms with Gasteiger partial charge >= 0.3 is 0 Å². The molecule has 0 fully saturated rings. The molecule has 1 aromatic rings. The maximum Gasteiger partial charge on any atom is 0.122 e. The summed E-state index contributed by atoms with van der Waals surface area (Å²) in [5.41, 5.74) is 8.62. The van der Waals surface area contributed by atoms with Crippen LogP contribution in [0.15, 0.2) is 40.8 Å². The molecule has 0 saturated carbocycles. The average Bonchev–Trinajstić information content (AvgIpc) is 2.28. The Morgan fingerprint density at radius 2 is 2.08 bits per heavy atom. The minimum absolute atomic E-state index is 0.612. The first-order chi connectivity index (χ1) is 6.27. The Hall–Kier alpha value is -1.77. The lowest BCUT2D eigenvalue weighted by atomic mass is 10.2. The van der Waals surface area contributed by atoms with Crippen molar-refractivity contribution in [3.63, 3.8) is 0 Å². The van der Waals surface area contributed by atoms with Crippen molar-refractivity contribution < 1.29 is 0 Å². The van der Waals surface area contributed by atoms with E-state index < -0.39 is 0 Å². The molecule has 0 spiro atoms. The van der Waals surface area contributed by atoms with Crippen LogP contribution in [0.2, 0.25) is 0 Å². The number of nitrogens with one attached hydrogen (secondary N) is 1. The second kappa shape index (κ2) is 2.94. The monoisotopic (exact) mass is 173 g/mol. The van der Waals surface area contributed by atoms with Gasteiger partial charge in [-0.2, -0.15) is 0 Å². The molecule has 1 aliphatic heterocycles. The molecule has 0 saturated heterocycles. The Labute approximate surface area is 77.0 Å². The van der Waals surface area contributed by atoms with Crippen LogP contribution in [0, 0.1) is 0 Å². The van der Waals surface area contributed by atoms with Crippen LogP contribution in [-0.4, -0.2) is 6.21 Å². The van der Waals surface area contributed by atoms with Crippen molar-refractivity contribution in [1.29, 1.82) is 0 Å². The van der Waals surface area contributed by atoms with E-state index in [1.165, 1.54) is 0 Å². The van der Waals surface area contributed by atoms with Gasteiger partial charge < -0.3 is 11.1 Å². The minimum Gasteiger partial charge on any atom is -0.384 e. The van der Waals surface area contributed by atoms with Crippen molar-refractivity contribution in [3.05, 3.63) is 41.3 Å². The normalized spacial score (nSPS) is 14.8. The Morgan fingerprint density at radius 3 is 2.92 bits per heavy atom. The van der Waals surface area contributed by atoms with Gasteiger partial charge in [-0.1, -0.05) is 18.2 Å². The molecule has 0 radical (unpaired) electrons. The van der Waals surface area contributed by atoms with Gasteiger partial charge in [0, 0.05) is 17.5 Å². The highest BCUT2D eigenvalue weighted by molar-refractivity contribution is 5.89. The van der Waals surface area contributed by atoms with E-state index in [9.17, 15) is 0 Å². The lowest BCUT2D eigenvalue weighted by molar-refractivity contribution is 1.17. The molecule has 3 N–H and O–H groups in total. The highest BCUT2D eigenvalue weighted by Crippen LogP contribution is 2.18. The number of allylic oxidation sites excluding steroid dienone is 1. The number of para-hydroxylation sites is 1. The smallest absolute Gasteiger partial charge is 0.122 e. The van der Waals surface area contributed by atoms with Gasteiger partial charge in [-0.3, -0.25) is 4.99 Å². The Kier molecular flexibility index (Phi) is 1.77. The summed E-state index contributed by atoms with van der Waals surface area (Å²) < 4.78 is 0. The molecule has 66 valence electrons. The molecule has 0 bridgehead atoms. The molecule has 0 unspecified atom stereocenters. The first kappa shape index (κ1) is 7.86. The number of nitrogens with two attached hydrogens (primary N) is 1. The van der Waals surface area contributed by atoms with Crippen molar-refractivity contribution >= 4 is 11.9 Å². The first-order valence-electron chi connectivity index (χ1n) is 4.14. The largest absolute Gasteiger partial charge is 0.384 e. The molecular weight excluding hydrogens is 162 g/mol. The zero-order valence-electron chi connectivity index (χ0n) is 7.41. The van der Waals surface area contributed by atoms with Gasteiger partial charge in [-0.05, 0) is 13.0 Å². The first-order valence-corrected chi connectivity index (χ1v) is 4.14. The molecule has 0 amide bonds. The second-order valence-electron chi connectivity index (χ2n) is 2.97. The SMILES string of the molecule is CC1=C(N)Nc2ccccc2C=N1. The molecule has 0 aromatic heterocycles. The summed E-state index contributed by atoms with van der Waals surface area (Å²) in [6.45, 7) is 1.88. The maximum absolute atomic E-state index is 5.75. The summed E-state index contributed by atoms with van der Waals surface area (Å²) in [5, 5.41) is 3.10. The number of nitrogens with zero attached hydrogens (tertiary/aromatic N) is 1. The van der Waals surface area contributed by atoms with Gasteiger partial charge in [-0.15, -0.1) is 0 Å². The fourth-order valence-corrected chi connectivity index (χ4v) is 1.19. The average molecular weight is 173 g/mol. The Balaban J connectivity index is 2.51. The standard InChI is InChI=1S/C10H11N3/c1-7-10(11)13-9-5-3-2-4-8(9)6-12-7/h2-6,13H,11H2,1H3. The highest BCUT2D eigenvalue weighted by atomic mass is 15.0. The minimum atomic E-state index is 0.612. The van der Waals surface area contributed by atoms with Crippen LogP contribution in [0.25, 0.3) is 0 Å². The number of aliphatic imine (C=N–C) groups is 1. The number of hydrogen-bond donors (Lipinski definition) is 2. The number of rotatable bonds is 0. The van der Waals surface area contributed by atoms with Gasteiger partial charge in [0.15, 0.2) is 0 Å². The van der Waals surface area contributed by atoms with Gasteiger partial charge in [-0.25, -0.2) is 0 Å². The maximum atomic E-state index is 5.75. The summed E-state index contributed by atoms with van der Waals surface area (Å²) in [4.78, 5) is 4.21. The number of anilines is 1. The van der Waals surface area contributed by atoms with E-state index in [1.807, 2.05) is 37.4 Å². The molecule has 0 atom stereocenters. The quantitative estimate of drug-likeness (QED) is 0.627. The fourth-order valence-electron chi connectivity index (χ4n) is 1.19. The van der Waals surface area contributed by atoms with Gasteiger partial charge in [0.1, 0.15) is 5.82 Å². The van der Waals surface area contributed by atoms with Crippen LogP contribution in [0.3, 0.4) is 0 Å². The topological polar surface area (TPSA) is 50.4 Å². The van der Waals surface area contributed by atoms with Crippen LogP contribution in [0.1, 0.15) is 12.5 Å². The molecule has 1 heterocycles. The van der Waals surface area contributed by atoms with Crippen molar-refractivity contribution in [1.82, 2.24) is 0 Å². The third-order valence-corrected chi connectivity index (χ3v) is 2.02. The third kappa shape index (κ3) is 1.40. The highest BCUT2D eigenvalue weighted by Gasteiger charge is 2.05. The molecule has 3 nitrogen and oxygen atoms in total. The van der Waals surface area contributed by atoms with Gasteiger partial charge in [0.25, 0.3) is 0 Å². The van der Waals surface area contributed by atoms with E-state index in [0.29, 0.717) is 5.82 Å². The number of benzene rings is 1. The van der Waals surface area contributed by atoms with Crippen LogP contribution in [0.4, 0.5) is 5.69 Å². The van der Waals surface area contributed by atoms with Crippen LogP contribution in [-0.2, 0) is 0 Å². The van der Waals surface area contributed by atoms with E-state index in [2.05, 4.69) is 10.3 Å². The van der Waals surface area contributed by atoms with Crippen molar-refractivity contribution in [2.24, 2.45) is 10.7 Å². The second-order valence-corrected chi connectivity index (χ2v) is 2.97. The third-order valence-electron chi connectivity index (χ3n) is 2.02. The fraction of sp³-hybridized carbons (Fsp3) is 0.100. The number of fused-ring (bicyclic) bond motifs is 1. The summed E-state index contributed by atoms with van der Waals surface area (Å²) in [7, 11) is 0. The lowest BCUT2D eigenvalue weighted by Crippen LogP contribution is -2.10. The molecule has 13 heavy (non-hydrogen) atoms. The molecule has 2 rings (SSSR count). The van der Waals surface area contributed by atoms with E-state index in [1.54, 1.807) is 0 Å². The van der Waals surface area contributed by atoms with Crippen molar-refractivity contribution in [2.45, 2.75) is 6.92 Å². The van der Waals surface area contributed by atoms with Crippen LogP contribution < -0.4 is 11.1 Å². The summed E-state index contributed by atoms with van der Waals surface area (Å²) in [6, 6.07) is 7.92. The molecule has 3 heteroatoms. The Morgan fingerprint density at radius 1 is 1.31 bits per heavy atom. The van der Waals surface area contributed by atoms with Gasteiger partial charge in [0.05, 0.1) is 5.70 Å². The predicted octanol–water partition coefficient (Wildman–Crippen LogP) is 1.68. The lowest BCUT2D eigenvalue weighted by Gasteiger charge is -2.06. The molecule has 0 aliphatic carbocycles. The predicted molar refractivity (Wildman–Crippen MR) is 54.5 cm³/mol. The van der Waals surface area contributed by atoms with Crippen molar-refractivity contribution in [2.75, 3.05) is 5.32 Å². The zero-order chi connectivity index (χ0) is 9.26. The van der Waals surface area contributed by atoms with Crippen LogP contribution >= 0.6 is 0 Å². The van der Waals surface area contributed by atoms with E-state index in [0.717, 1.165) is 16.9 Å². The summed E-state index contributed by atoms with van der Waals surface area (Å²) in [5.74, 6) is 0.612. The Bertz CT molecular complexity index is 391. The van der Waals surface area contributed by atoms with Crippen molar-refractivity contribution in [3.8, 4) is 0 Å². The summed E-state index contributed by atoms with van der Waals surface area (Å²) >= 11 is 0. The molecule has 1 aromatic carbocycles. The van der Waals surface area contributed by atoms with Crippen LogP contribution in [0.5, 0.6) is 0 Å². The van der Waals surface area contributed by atoms with E-state index in [4.69, 9.17) is 5.73 Å². The number of hydrogen-bond acceptors (Lipinski definition) is 3. The van der Waals surface area contributed by atoms with Gasteiger partial charge in [0.2, 0.25) is 0 Å². The molecular formula is C10H11N3. The zero-order valence-corrected chi connectivity index (χ0v) is 7.41. The summed E-state index contributed by atoms with van der Waals surface area (Å²) in [6.07, 6.45) is 1.82. The van der Waals surface area contributed by atoms with E-state index in [-0.39, 0.29) is 0 Å². The van der Waals surface area contributed by atoms with E-state index >= 15 is 0 Å². The molecule has 1 aliphatic rings.